The van der Waals surface area contributed by atoms with Crippen LogP contribution >= 0.6 is 0 Å². The molecule has 0 bridgehead atoms. The third kappa shape index (κ3) is 5.33. The monoisotopic (exact) mass is 405 g/mol. The zero-order valence-electron chi connectivity index (χ0n) is 17.0. The van der Waals surface area contributed by atoms with Crippen molar-refractivity contribution in [1.29, 1.82) is 5.26 Å². The Hall–Kier alpha value is -2.00. The number of esters is 1. The average molecular weight is 405 g/mol. The first-order valence-electron chi connectivity index (χ1n) is 10.7. The Morgan fingerprint density at radius 3 is 2.24 bits per heavy atom. The van der Waals surface area contributed by atoms with Crippen LogP contribution in [0.3, 0.4) is 0 Å². The molecule has 29 heavy (non-hydrogen) atoms. The lowest BCUT2D eigenvalue weighted by atomic mass is 9.70. The summed E-state index contributed by atoms with van der Waals surface area (Å²) in [5.41, 5.74) is -0.405. The van der Waals surface area contributed by atoms with Crippen LogP contribution in [0.25, 0.3) is 0 Å². The number of benzene rings is 1. The van der Waals surface area contributed by atoms with Gasteiger partial charge in [0.05, 0.1) is 17.6 Å². The van der Waals surface area contributed by atoms with E-state index in [1.165, 1.54) is 12.8 Å². The molecule has 0 radical (unpaired) electrons. The highest BCUT2D eigenvalue weighted by atomic mass is 19.2. The zero-order chi connectivity index (χ0) is 20.8. The van der Waals surface area contributed by atoms with Crippen LogP contribution in [0.15, 0.2) is 12.1 Å². The van der Waals surface area contributed by atoms with Crippen LogP contribution in [0.2, 0.25) is 0 Å². The van der Waals surface area contributed by atoms with Gasteiger partial charge in [0.1, 0.15) is 6.07 Å². The van der Waals surface area contributed by atoms with E-state index in [0.29, 0.717) is 17.9 Å². The van der Waals surface area contributed by atoms with Gasteiger partial charge >= 0.3 is 5.97 Å². The minimum Gasteiger partial charge on any atom is -0.423 e. The highest BCUT2D eigenvalue weighted by Crippen LogP contribution is 2.41. The molecule has 0 aromatic heterocycles. The largest absolute Gasteiger partial charge is 0.423 e. The van der Waals surface area contributed by atoms with Crippen molar-refractivity contribution in [3.8, 4) is 11.8 Å². The molecule has 2 aliphatic carbocycles. The molecule has 0 saturated heterocycles. The van der Waals surface area contributed by atoms with Crippen LogP contribution in [-0.4, -0.2) is 18.7 Å². The van der Waals surface area contributed by atoms with Crippen molar-refractivity contribution in [1.82, 2.24) is 0 Å². The van der Waals surface area contributed by atoms with Crippen molar-refractivity contribution < 1.29 is 23.0 Å². The van der Waals surface area contributed by atoms with Crippen LogP contribution in [0, 0.1) is 40.7 Å². The molecule has 0 amide bonds. The summed E-state index contributed by atoms with van der Waals surface area (Å²) in [6, 6.07) is 3.83. The molecule has 2 saturated carbocycles. The lowest BCUT2D eigenvalue weighted by Crippen LogP contribution is -2.31. The van der Waals surface area contributed by atoms with Gasteiger partial charge in [-0.15, -0.1) is 0 Å². The van der Waals surface area contributed by atoms with Gasteiger partial charge in [-0.2, -0.15) is 9.65 Å². The Labute approximate surface area is 171 Å². The smallest absolute Gasteiger partial charge is 0.314 e. The molecule has 4 nitrogen and oxygen atoms in total. The summed E-state index contributed by atoms with van der Waals surface area (Å²) in [6.07, 6.45) is 9.44. The highest BCUT2D eigenvalue weighted by Gasteiger charge is 2.34. The number of hydrogen-bond acceptors (Lipinski definition) is 4. The topological polar surface area (TPSA) is 59.3 Å². The highest BCUT2D eigenvalue weighted by molar-refractivity contribution is 5.75. The van der Waals surface area contributed by atoms with E-state index in [4.69, 9.17) is 14.7 Å². The first kappa shape index (κ1) is 21.7. The van der Waals surface area contributed by atoms with Gasteiger partial charge < -0.3 is 9.47 Å². The predicted molar refractivity (Wildman–Crippen MR) is 104 cm³/mol. The van der Waals surface area contributed by atoms with Crippen LogP contribution in [-0.2, 0) is 9.53 Å². The van der Waals surface area contributed by atoms with Gasteiger partial charge in [0, 0.05) is 6.61 Å². The average Bonchev–Trinajstić information content (AvgIpc) is 2.76. The maximum Gasteiger partial charge on any atom is 0.314 e. The molecule has 2 aliphatic rings. The predicted octanol–water partition coefficient (Wildman–Crippen LogP) is 5.53. The number of halogens is 2. The minimum absolute atomic E-state index is 0.284. The number of rotatable bonds is 6. The number of hydrogen-bond donors (Lipinski definition) is 0. The third-order valence-corrected chi connectivity index (χ3v) is 6.43. The summed E-state index contributed by atoms with van der Waals surface area (Å²) < 4.78 is 38.7. The number of nitrogens with zero attached hydrogens (tertiary/aromatic N) is 1. The van der Waals surface area contributed by atoms with E-state index >= 15 is 0 Å². The number of carbonyl (C=O) groups is 1. The van der Waals surface area contributed by atoms with Gasteiger partial charge in [0.2, 0.25) is 5.82 Å². The lowest BCUT2D eigenvalue weighted by Gasteiger charge is -2.37. The van der Waals surface area contributed by atoms with E-state index < -0.39 is 28.9 Å². The fourth-order valence-corrected chi connectivity index (χ4v) is 4.73. The molecule has 0 spiro atoms. The van der Waals surface area contributed by atoms with Gasteiger partial charge in [0.25, 0.3) is 0 Å². The van der Waals surface area contributed by atoms with E-state index in [2.05, 4.69) is 6.92 Å². The molecule has 0 N–H and O–H groups in total. The van der Waals surface area contributed by atoms with Crippen molar-refractivity contribution in [3.63, 3.8) is 0 Å². The third-order valence-electron chi connectivity index (χ3n) is 6.43. The van der Waals surface area contributed by atoms with Gasteiger partial charge in [-0.1, -0.05) is 6.92 Å². The summed E-state index contributed by atoms with van der Waals surface area (Å²) in [4.78, 5) is 12.4. The van der Waals surface area contributed by atoms with E-state index in [9.17, 15) is 13.6 Å². The van der Waals surface area contributed by atoms with Gasteiger partial charge in [0.15, 0.2) is 11.6 Å². The summed E-state index contributed by atoms with van der Waals surface area (Å²) in [5, 5.41) is 8.73. The van der Waals surface area contributed by atoms with Gasteiger partial charge in [-0.05, 0) is 81.8 Å². The second-order valence-electron chi connectivity index (χ2n) is 8.29. The van der Waals surface area contributed by atoms with Crippen molar-refractivity contribution in [2.45, 2.75) is 70.8 Å². The van der Waals surface area contributed by atoms with Gasteiger partial charge in [-0.3, -0.25) is 4.79 Å². The van der Waals surface area contributed by atoms with Crippen molar-refractivity contribution in [3.05, 3.63) is 29.3 Å². The number of ether oxygens (including phenoxy) is 2. The fourth-order valence-electron chi connectivity index (χ4n) is 4.73. The second kappa shape index (κ2) is 10.2. The Morgan fingerprint density at radius 1 is 1.03 bits per heavy atom. The molecule has 0 heterocycles. The second-order valence-corrected chi connectivity index (χ2v) is 8.29. The van der Waals surface area contributed by atoms with Crippen LogP contribution in [0.4, 0.5) is 8.78 Å². The molecule has 1 aromatic rings. The van der Waals surface area contributed by atoms with Crippen LogP contribution in [0.5, 0.6) is 5.75 Å². The van der Waals surface area contributed by atoms with Crippen molar-refractivity contribution in [2.75, 3.05) is 6.61 Å². The summed E-state index contributed by atoms with van der Waals surface area (Å²) in [6.45, 7) is 2.97. The lowest BCUT2D eigenvalue weighted by molar-refractivity contribution is -0.140. The van der Waals surface area contributed by atoms with E-state index in [0.717, 1.165) is 63.7 Å². The first-order valence-corrected chi connectivity index (χ1v) is 10.7. The zero-order valence-corrected chi connectivity index (χ0v) is 17.0. The summed E-state index contributed by atoms with van der Waals surface area (Å²) in [5.74, 6) is -2.49. The summed E-state index contributed by atoms with van der Waals surface area (Å²) in [7, 11) is 0. The minimum atomic E-state index is -1.28. The molecular weight excluding hydrogens is 376 g/mol. The van der Waals surface area contributed by atoms with E-state index in [1.807, 2.05) is 0 Å². The Morgan fingerprint density at radius 2 is 1.66 bits per heavy atom. The van der Waals surface area contributed by atoms with Crippen molar-refractivity contribution >= 4 is 5.97 Å². The van der Waals surface area contributed by atoms with Crippen LogP contribution in [0.1, 0.15) is 70.3 Å². The molecule has 3 rings (SSSR count). The molecule has 2 fully saturated rings. The maximum absolute atomic E-state index is 14.0. The van der Waals surface area contributed by atoms with Gasteiger partial charge in [-0.25, -0.2) is 4.39 Å². The molecular formula is C23H29F2NO3. The maximum atomic E-state index is 14.0. The fraction of sp³-hybridized carbons (Fsp3) is 0.652. The molecule has 6 heteroatoms. The quantitative estimate of drug-likeness (QED) is 0.461. The Kier molecular flexibility index (Phi) is 7.60. The first-order chi connectivity index (χ1) is 14.0. The molecule has 0 atom stereocenters. The SMILES string of the molecule is CCCO[C@H]1CC[C@H]([C@H]2CC[C@H](C(=O)Oc3ccc(C#N)c(F)c3F)CC2)CC1. The number of carbonyl (C=O) groups excluding carboxylic acids is 1. The molecule has 158 valence electrons. The summed E-state index contributed by atoms with van der Waals surface area (Å²) >= 11 is 0. The number of nitriles is 1. The van der Waals surface area contributed by atoms with Crippen LogP contribution < -0.4 is 4.74 Å². The Balaban J connectivity index is 1.47. The standard InChI is InChI=1S/C23H29F2NO3/c1-2-13-28-19-10-7-16(8-11-19)15-3-5-17(6-4-15)23(27)29-20-12-9-18(14-26)21(24)22(20)25/h9,12,15-17,19H,2-8,10-11,13H2,1H3/t15-,16-,17-,19-. The Bertz CT molecular complexity index is 745. The molecule has 0 aliphatic heterocycles. The molecule has 1 aromatic carbocycles. The van der Waals surface area contributed by atoms with E-state index in [-0.39, 0.29) is 5.92 Å². The molecule has 0 unspecified atom stereocenters. The normalized spacial score (nSPS) is 27.2. The van der Waals surface area contributed by atoms with E-state index in [1.54, 1.807) is 6.07 Å². The van der Waals surface area contributed by atoms with Crippen molar-refractivity contribution in [2.24, 2.45) is 17.8 Å².